The van der Waals surface area contributed by atoms with E-state index < -0.39 is 16.0 Å². The van der Waals surface area contributed by atoms with Crippen molar-refractivity contribution in [3.63, 3.8) is 0 Å². The number of nitrogens with zero attached hydrogens (tertiary/aromatic N) is 1. The average Bonchev–Trinajstić information content (AvgIpc) is 2.66. The number of amides is 1. The van der Waals surface area contributed by atoms with Crippen LogP contribution < -0.4 is 4.72 Å². The van der Waals surface area contributed by atoms with Gasteiger partial charge < -0.3 is 9.64 Å². The Morgan fingerprint density at radius 2 is 1.68 bits per heavy atom. The molecule has 2 rings (SSSR count). The van der Waals surface area contributed by atoms with E-state index in [0.717, 1.165) is 0 Å². The number of sulfonamides is 1. The maximum Gasteiger partial charge on any atom is 0.338 e. The summed E-state index contributed by atoms with van der Waals surface area (Å²) in [7, 11) is -0.658. The smallest absolute Gasteiger partial charge is 0.338 e. The zero-order valence-corrected chi connectivity index (χ0v) is 17.4. The van der Waals surface area contributed by atoms with Gasteiger partial charge in [0, 0.05) is 20.6 Å². The lowest BCUT2D eigenvalue weighted by atomic mass is 10.1. The van der Waals surface area contributed by atoms with Crippen LogP contribution in [0.5, 0.6) is 0 Å². The molecule has 0 aliphatic rings. The van der Waals surface area contributed by atoms with Gasteiger partial charge in [0.1, 0.15) is 0 Å². The number of likely N-dealkylation sites (N-methyl/N-ethyl adjacent to an activating group) is 1. The summed E-state index contributed by atoms with van der Waals surface area (Å²) in [6, 6.07) is 10.2. The Bertz CT molecular complexity index is 976. The van der Waals surface area contributed by atoms with E-state index in [1.54, 1.807) is 26.2 Å². The van der Waals surface area contributed by atoms with Crippen molar-refractivity contribution in [3.05, 3.63) is 63.6 Å². The summed E-state index contributed by atoms with van der Waals surface area (Å²) in [5.74, 6) is -0.972. The van der Waals surface area contributed by atoms with Gasteiger partial charge in [-0.3, -0.25) is 4.79 Å². The second-order valence-electron chi connectivity index (χ2n) is 5.96. The van der Waals surface area contributed by atoms with Crippen molar-refractivity contribution in [3.8, 4) is 0 Å². The Hall–Kier alpha value is -2.13. The number of hydrogen-bond donors (Lipinski definition) is 1. The van der Waals surface area contributed by atoms with Crippen LogP contribution in [-0.4, -0.2) is 45.9 Å². The predicted octanol–water partition coefficient (Wildman–Crippen LogP) is 2.72. The molecule has 7 nitrogen and oxygen atoms in total. The lowest BCUT2D eigenvalue weighted by Gasteiger charge is -2.11. The third-order valence-electron chi connectivity index (χ3n) is 3.68. The number of ether oxygens (including phenoxy) is 1. The molecule has 1 N–H and O–H groups in total. The van der Waals surface area contributed by atoms with Gasteiger partial charge in [0.25, 0.3) is 5.91 Å². The summed E-state index contributed by atoms with van der Waals surface area (Å²) in [5.41, 5.74) is 0.882. The summed E-state index contributed by atoms with van der Waals surface area (Å²) in [5, 5.41) is 0.399. The maximum atomic E-state index is 12.3. The number of esters is 1. The fraction of sp³-hybridized carbons (Fsp3) is 0.222. The van der Waals surface area contributed by atoms with E-state index in [2.05, 4.69) is 4.72 Å². The first-order valence-electron chi connectivity index (χ1n) is 8.01. The van der Waals surface area contributed by atoms with Crippen LogP contribution in [0.2, 0.25) is 10.0 Å². The largest absolute Gasteiger partial charge is 0.452 e. The molecule has 0 radical (unpaired) electrons. The van der Waals surface area contributed by atoms with E-state index in [4.69, 9.17) is 27.9 Å². The fourth-order valence-electron chi connectivity index (χ4n) is 2.00. The third-order valence-corrected chi connectivity index (χ3v) is 5.82. The summed E-state index contributed by atoms with van der Waals surface area (Å²) < 4.78 is 32.0. The summed E-state index contributed by atoms with van der Waals surface area (Å²) in [6.45, 7) is -0.339. The molecule has 0 spiro atoms. The minimum absolute atomic E-state index is 0.00680. The predicted molar refractivity (Wildman–Crippen MR) is 106 cm³/mol. The van der Waals surface area contributed by atoms with Gasteiger partial charge in [0.15, 0.2) is 6.61 Å². The zero-order chi connectivity index (χ0) is 20.9. The number of carbonyl (C=O) groups excluding carboxylic acids is 2. The molecule has 0 aliphatic heterocycles. The van der Waals surface area contributed by atoms with E-state index in [0.29, 0.717) is 5.56 Å². The topological polar surface area (TPSA) is 92.8 Å². The van der Waals surface area contributed by atoms with Crippen molar-refractivity contribution in [1.82, 2.24) is 9.62 Å². The van der Waals surface area contributed by atoms with Crippen LogP contribution in [0.15, 0.2) is 47.4 Å². The Morgan fingerprint density at radius 3 is 2.25 bits per heavy atom. The second-order valence-corrected chi connectivity index (χ2v) is 8.54. The molecule has 0 saturated carbocycles. The molecular formula is C18H18Cl2N2O5S. The average molecular weight is 445 g/mol. The first-order valence-corrected chi connectivity index (χ1v) is 10.2. The van der Waals surface area contributed by atoms with Gasteiger partial charge in [0.2, 0.25) is 10.0 Å². The molecule has 0 aromatic heterocycles. The maximum absolute atomic E-state index is 12.3. The van der Waals surface area contributed by atoms with Crippen LogP contribution in [0, 0.1) is 0 Å². The molecule has 0 saturated heterocycles. The van der Waals surface area contributed by atoms with Crippen LogP contribution in [0.1, 0.15) is 15.9 Å². The quantitative estimate of drug-likeness (QED) is 0.662. The van der Waals surface area contributed by atoms with Crippen molar-refractivity contribution in [1.29, 1.82) is 0 Å². The highest BCUT2D eigenvalue weighted by atomic mass is 35.5. The standard InChI is InChI=1S/C18H18Cl2N2O5S/c1-22(2)17(23)11-27-18(24)13-5-3-12(4-6-13)10-21-28(25,26)14-7-8-15(19)16(20)9-14/h3-9,21H,10-11H2,1-2H3. The molecule has 150 valence electrons. The highest BCUT2D eigenvalue weighted by molar-refractivity contribution is 7.89. The van der Waals surface area contributed by atoms with Gasteiger partial charge in [-0.25, -0.2) is 17.9 Å². The van der Waals surface area contributed by atoms with Crippen molar-refractivity contribution in [2.75, 3.05) is 20.7 Å². The minimum Gasteiger partial charge on any atom is -0.452 e. The van der Waals surface area contributed by atoms with Crippen molar-refractivity contribution < 1.29 is 22.7 Å². The Morgan fingerprint density at radius 1 is 1.04 bits per heavy atom. The molecule has 10 heteroatoms. The Balaban J connectivity index is 1.97. The second kappa shape index (κ2) is 9.38. The highest BCUT2D eigenvalue weighted by Crippen LogP contribution is 2.24. The fourth-order valence-corrected chi connectivity index (χ4v) is 3.41. The summed E-state index contributed by atoms with van der Waals surface area (Å²) >= 11 is 11.6. The molecule has 1 amide bonds. The lowest BCUT2D eigenvalue weighted by molar-refractivity contribution is -0.131. The lowest BCUT2D eigenvalue weighted by Crippen LogP contribution is -2.27. The number of carbonyl (C=O) groups is 2. The number of benzene rings is 2. The van der Waals surface area contributed by atoms with Crippen molar-refractivity contribution >= 4 is 45.1 Å². The van der Waals surface area contributed by atoms with Crippen LogP contribution in [-0.2, 0) is 26.1 Å². The number of halogens is 2. The highest BCUT2D eigenvalue weighted by Gasteiger charge is 2.16. The van der Waals surface area contributed by atoms with Crippen LogP contribution in [0.3, 0.4) is 0 Å². The SMILES string of the molecule is CN(C)C(=O)COC(=O)c1ccc(CNS(=O)(=O)c2ccc(Cl)c(Cl)c2)cc1. The van der Waals surface area contributed by atoms with Gasteiger partial charge >= 0.3 is 5.97 Å². The molecule has 2 aromatic carbocycles. The summed E-state index contributed by atoms with van der Waals surface area (Å²) in [6.07, 6.45) is 0. The Labute approximate surface area is 173 Å². The number of hydrogen-bond acceptors (Lipinski definition) is 5. The third kappa shape index (κ3) is 5.93. The number of rotatable bonds is 7. The molecule has 0 fully saturated rings. The molecule has 0 bridgehead atoms. The molecule has 0 aliphatic carbocycles. The van der Waals surface area contributed by atoms with Gasteiger partial charge in [-0.05, 0) is 35.9 Å². The molecular weight excluding hydrogens is 427 g/mol. The van der Waals surface area contributed by atoms with Gasteiger partial charge in [-0.2, -0.15) is 0 Å². The molecule has 0 unspecified atom stereocenters. The van der Waals surface area contributed by atoms with Gasteiger partial charge in [-0.15, -0.1) is 0 Å². The van der Waals surface area contributed by atoms with E-state index in [1.807, 2.05) is 0 Å². The summed E-state index contributed by atoms with van der Waals surface area (Å²) in [4.78, 5) is 24.7. The van der Waals surface area contributed by atoms with E-state index >= 15 is 0 Å². The minimum atomic E-state index is -3.78. The van der Waals surface area contributed by atoms with Crippen LogP contribution in [0.4, 0.5) is 0 Å². The first kappa shape index (κ1) is 22.2. The van der Waals surface area contributed by atoms with Crippen molar-refractivity contribution in [2.45, 2.75) is 11.4 Å². The molecule has 0 atom stereocenters. The van der Waals surface area contributed by atoms with Gasteiger partial charge in [0.05, 0.1) is 20.5 Å². The van der Waals surface area contributed by atoms with E-state index in [-0.39, 0.29) is 39.6 Å². The normalized spacial score (nSPS) is 11.1. The Kier molecular flexibility index (Phi) is 7.42. The monoisotopic (exact) mass is 444 g/mol. The van der Waals surface area contributed by atoms with E-state index in [9.17, 15) is 18.0 Å². The first-order chi connectivity index (χ1) is 13.1. The van der Waals surface area contributed by atoms with Crippen molar-refractivity contribution in [2.24, 2.45) is 0 Å². The molecule has 0 heterocycles. The zero-order valence-electron chi connectivity index (χ0n) is 15.1. The number of nitrogens with one attached hydrogen (secondary N) is 1. The molecule has 28 heavy (non-hydrogen) atoms. The molecule has 2 aromatic rings. The van der Waals surface area contributed by atoms with Crippen LogP contribution in [0.25, 0.3) is 0 Å². The van der Waals surface area contributed by atoms with Crippen LogP contribution >= 0.6 is 23.2 Å². The van der Waals surface area contributed by atoms with Gasteiger partial charge in [-0.1, -0.05) is 35.3 Å². The van der Waals surface area contributed by atoms with E-state index in [1.165, 1.54) is 35.2 Å².